The van der Waals surface area contributed by atoms with Gasteiger partial charge in [-0.3, -0.25) is 0 Å². The van der Waals surface area contributed by atoms with Crippen LogP contribution in [-0.2, 0) is 0 Å². The average Bonchev–Trinajstić information content (AvgIpc) is 1.88. The lowest BCUT2D eigenvalue weighted by molar-refractivity contribution is 0.860. The van der Waals surface area contributed by atoms with E-state index in [2.05, 4.69) is 35.8 Å². The predicted octanol–water partition coefficient (Wildman–Crippen LogP) is 3.37. The number of halogens is 1. The van der Waals surface area contributed by atoms with E-state index in [4.69, 9.17) is 0 Å². The van der Waals surface area contributed by atoms with E-state index in [1.165, 1.54) is 10.0 Å². The summed E-state index contributed by atoms with van der Waals surface area (Å²) in [6.45, 7) is 4.35. The molecule has 1 heteroatoms. The Morgan fingerprint density at radius 2 is 2.20 bits per heavy atom. The minimum atomic E-state index is 0.576. The van der Waals surface area contributed by atoms with Gasteiger partial charge in [0.1, 0.15) is 0 Å². The van der Waals surface area contributed by atoms with Gasteiger partial charge in [-0.15, -0.1) is 0 Å². The molecule has 0 spiro atoms. The topological polar surface area (TPSA) is 0 Å². The zero-order valence-electron chi connectivity index (χ0n) is 6.19. The van der Waals surface area contributed by atoms with Crippen molar-refractivity contribution in [3.05, 3.63) is 34.3 Å². The molecule has 10 heavy (non-hydrogen) atoms. The predicted molar refractivity (Wildman–Crippen MR) is 47.1 cm³/mol. The van der Waals surface area contributed by atoms with Gasteiger partial charge in [-0.1, -0.05) is 35.8 Å². The van der Waals surface area contributed by atoms with E-state index in [1.807, 2.05) is 18.2 Å². The summed E-state index contributed by atoms with van der Waals surface area (Å²) in [6.07, 6.45) is 0. The molecule has 0 aliphatic heterocycles. The van der Waals surface area contributed by atoms with Crippen molar-refractivity contribution >= 4 is 15.9 Å². The number of rotatable bonds is 1. The summed E-state index contributed by atoms with van der Waals surface area (Å²) in [6, 6.07) is 9.01. The second-order valence-corrected chi connectivity index (χ2v) is 3.46. The first-order valence-corrected chi connectivity index (χ1v) is 4.16. The molecule has 0 saturated carbocycles. The highest BCUT2D eigenvalue weighted by Crippen LogP contribution is 2.23. The van der Waals surface area contributed by atoms with Crippen LogP contribution in [0.3, 0.4) is 0 Å². The monoisotopic (exact) mass is 197 g/mol. The molecule has 1 rings (SSSR count). The summed E-state index contributed by atoms with van der Waals surface area (Å²) in [4.78, 5) is 0. The third kappa shape index (κ3) is 1.60. The van der Waals surface area contributed by atoms with Crippen molar-refractivity contribution in [2.75, 3.05) is 0 Å². The summed E-state index contributed by atoms with van der Waals surface area (Å²) >= 11 is 3.48. The van der Waals surface area contributed by atoms with Gasteiger partial charge in [0, 0.05) is 4.47 Å². The van der Waals surface area contributed by atoms with Crippen LogP contribution in [0.1, 0.15) is 25.3 Å². The lowest BCUT2D eigenvalue weighted by atomic mass is 10.0. The summed E-state index contributed by atoms with van der Waals surface area (Å²) in [5.41, 5.74) is 1.32. The fourth-order valence-corrected chi connectivity index (χ4v) is 1.57. The van der Waals surface area contributed by atoms with Crippen LogP contribution < -0.4 is 0 Å². The minimum absolute atomic E-state index is 0.576. The highest BCUT2D eigenvalue weighted by molar-refractivity contribution is 9.10. The van der Waals surface area contributed by atoms with Crippen LogP contribution in [0.5, 0.6) is 0 Å². The number of hydrogen-bond donors (Lipinski definition) is 0. The third-order valence-electron chi connectivity index (χ3n) is 1.46. The van der Waals surface area contributed by atoms with Gasteiger partial charge in [0.05, 0.1) is 0 Å². The van der Waals surface area contributed by atoms with Gasteiger partial charge in [0.2, 0.25) is 0 Å². The second-order valence-electron chi connectivity index (χ2n) is 2.60. The number of benzene rings is 1. The summed E-state index contributed by atoms with van der Waals surface area (Å²) in [5, 5.41) is 0. The van der Waals surface area contributed by atoms with E-state index in [1.54, 1.807) is 0 Å². The van der Waals surface area contributed by atoms with E-state index >= 15 is 0 Å². The molecule has 0 atom stereocenters. The first-order chi connectivity index (χ1) is 4.72. The van der Waals surface area contributed by atoms with Gasteiger partial charge in [-0.2, -0.15) is 0 Å². The quantitative estimate of drug-likeness (QED) is 0.648. The standard InChI is InChI=1S/C9H10Br/c1-7(2)8-5-3-4-6-9(8)10/h4-7H,1-2H3. The van der Waals surface area contributed by atoms with E-state index in [0.29, 0.717) is 5.92 Å². The molecule has 0 amide bonds. The summed E-state index contributed by atoms with van der Waals surface area (Å²) in [5.74, 6) is 0.576. The molecule has 0 bridgehead atoms. The Balaban J connectivity index is 3.03. The van der Waals surface area contributed by atoms with Crippen LogP contribution in [-0.4, -0.2) is 0 Å². The van der Waals surface area contributed by atoms with E-state index in [-0.39, 0.29) is 0 Å². The molecule has 0 nitrogen and oxygen atoms in total. The lowest BCUT2D eigenvalue weighted by Crippen LogP contribution is -1.87. The molecule has 53 valence electrons. The van der Waals surface area contributed by atoms with Crippen molar-refractivity contribution < 1.29 is 0 Å². The molecule has 0 aromatic heterocycles. The Morgan fingerprint density at radius 3 is 2.60 bits per heavy atom. The van der Waals surface area contributed by atoms with Crippen molar-refractivity contribution in [2.24, 2.45) is 0 Å². The molecule has 0 heterocycles. The smallest absolute Gasteiger partial charge is 0.0210 e. The Hall–Kier alpha value is -0.300. The molecule has 1 radical (unpaired) electrons. The molecule has 0 aliphatic carbocycles. The Kier molecular flexibility index (Phi) is 2.50. The van der Waals surface area contributed by atoms with E-state index < -0.39 is 0 Å². The summed E-state index contributed by atoms with van der Waals surface area (Å²) in [7, 11) is 0. The normalized spacial score (nSPS) is 10.4. The molecule has 0 aliphatic rings. The summed E-state index contributed by atoms with van der Waals surface area (Å²) < 4.78 is 1.18. The van der Waals surface area contributed by atoms with Crippen molar-refractivity contribution in [3.63, 3.8) is 0 Å². The van der Waals surface area contributed by atoms with Gasteiger partial charge in [-0.05, 0) is 29.7 Å². The highest BCUT2D eigenvalue weighted by Gasteiger charge is 2.01. The first kappa shape index (κ1) is 7.80. The first-order valence-electron chi connectivity index (χ1n) is 3.37. The Labute approximate surface area is 70.4 Å². The second kappa shape index (κ2) is 3.20. The zero-order chi connectivity index (χ0) is 7.56. The minimum Gasteiger partial charge on any atom is -0.0586 e. The van der Waals surface area contributed by atoms with Crippen LogP contribution in [0, 0.1) is 6.07 Å². The van der Waals surface area contributed by atoms with Crippen LogP contribution >= 0.6 is 15.9 Å². The van der Waals surface area contributed by atoms with Crippen LogP contribution in [0.4, 0.5) is 0 Å². The third-order valence-corrected chi connectivity index (χ3v) is 2.18. The SMILES string of the molecule is CC(C)c1c[c]ccc1Br. The Morgan fingerprint density at radius 1 is 1.50 bits per heavy atom. The average molecular weight is 198 g/mol. The largest absolute Gasteiger partial charge is 0.0586 e. The van der Waals surface area contributed by atoms with Gasteiger partial charge in [-0.25, -0.2) is 0 Å². The lowest BCUT2D eigenvalue weighted by Gasteiger charge is -2.05. The maximum Gasteiger partial charge on any atom is 0.0210 e. The fraction of sp³-hybridized carbons (Fsp3) is 0.333. The van der Waals surface area contributed by atoms with E-state index in [9.17, 15) is 0 Å². The molecule has 0 fully saturated rings. The molecule has 0 unspecified atom stereocenters. The van der Waals surface area contributed by atoms with Crippen LogP contribution in [0.25, 0.3) is 0 Å². The van der Waals surface area contributed by atoms with Crippen molar-refractivity contribution in [1.29, 1.82) is 0 Å². The van der Waals surface area contributed by atoms with Gasteiger partial charge in [0.25, 0.3) is 0 Å². The molecular weight excluding hydrogens is 188 g/mol. The van der Waals surface area contributed by atoms with Crippen molar-refractivity contribution in [2.45, 2.75) is 19.8 Å². The maximum atomic E-state index is 3.48. The van der Waals surface area contributed by atoms with Gasteiger partial charge < -0.3 is 0 Å². The van der Waals surface area contributed by atoms with Gasteiger partial charge in [0.15, 0.2) is 0 Å². The zero-order valence-corrected chi connectivity index (χ0v) is 7.77. The fourth-order valence-electron chi connectivity index (χ4n) is 0.867. The van der Waals surface area contributed by atoms with Gasteiger partial charge >= 0.3 is 0 Å². The Bertz CT molecular complexity index is 216. The van der Waals surface area contributed by atoms with Crippen molar-refractivity contribution in [3.8, 4) is 0 Å². The molecule has 0 saturated heterocycles. The van der Waals surface area contributed by atoms with Crippen LogP contribution in [0.2, 0.25) is 0 Å². The van der Waals surface area contributed by atoms with Crippen molar-refractivity contribution in [1.82, 2.24) is 0 Å². The number of hydrogen-bond acceptors (Lipinski definition) is 0. The maximum absolute atomic E-state index is 3.48. The molecule has 1 aromatic carbocycles. The highest BCUT2D eigenvalue weighted by atomic mass is 79.9. The van der Waals surface area contributed by atoms with Crippen LogP contribution in [0.15, 0.2) is 22.7 Å². The molecule has 0 N–H and O–H groups in total. The molecule has 1 aromatic rings. The van der Waals surface area contributed by atoms with E-state index in [0.717, 1.165) is 0 Å². The molecular formula is C9H10Br.